The van der Waals surface area contributed by atoms with Crippen LogP contribution in [0, 0.1) is 5.82 Å². The molecule has 0 radical (unpaired) electrons. The van der Waals surface area contributed by atoms with Crippen LogP contribution < -0.4 is 5.43 Å². The molecule has 0 spiro atoms. The van der Waals surface area contributed by atoms with Crippen LogP contribution in [-0.2, 0) is 6.54 Å². The van der Waals surface area contributed by atoms with Crippen molar-refractivity contribution in [3.05, 3.63) is 83.0 Å². The van der Waals surface area contributed by atoms with Gasteiger partial charge in [0.1, 0.15) is 18.5 Å². The number of nitrogens with zero attached hydrogens (tertiary/aromatic N) is 5. The number of halogens is 2. The Morgan fingerprint density at radius 3 is 2.64 bits per heavy atom. The lowest BCUT2D eigenvalue weighted by atomic mass is 10.1. The van der Waals surface area contributed by atoms with Crippen LogP contribution >= 0.6 is 22.9 Å². The van der Waals surface area contributed by atoms with E-state index in [1.807, 2.05) is 29.6 Å². The van der Waals surface area contributed by atoms with E-state index in [0.29, 0.717) is 22.4 Å². The molecule has 0 aliphatic rings. The molecule has 0 atom stereocenters. The molecule has 2 aromatic heterocycles. The van der Waals surface area contributed by atoms with Gasteiger partial charge in [0.05, 0.1) is 18.0 Å². The lowest BCUT2D eigenvalue weighted by Gasteiger charge is -2.07. The number of thiazole rings is 1. The zero-order chi connectivity index (χ0) is 19.3. The third kappa shape index (κ3) is 4.41. The van der Waals surface area contributed by atoms with Gasteiger partial charge < -0.3 is 0 Å². The van der Waals surface area contributed by atoms with E-state index in [0.717, 1.165) is 16.8 Å². The molecule has 0 saturated carbocycles. The molecule has 0 saturated heterocycles. The van der Waals surface area contributed by atoms with Crippen LogP contribution in [0.15, 0.2) is 71.7 Å². The Morgan fingerprint density at radius 1 is 1.14 bits per heavy atom. The minimum absolute atomic E-state index is 0.302. The van der Waals surface area contributed by atoms with Crippen molar-refractivity contribution in [3.63, 3.8) is 0 Å². The second kappa shape index (κ2) is 8.28. The molecular formula is C19H14ClFN6S. The molecule has 0 aliphatic carbocycles. The van der Waals surface area contributed by atoms with Crippen molar-refractivity contribution in [2.45, 2.75) is 6.54 Å². The molecule has 0 fully saturated rings. The summed E-state index contributed by atoms with van der Waals surface area (Å²) in [5.41, 5.74) is 6.24. The first-order valence-corrected chi connectivity index (χ1v) is 9.55. The number of rotatable bonds is 6. The summed E-state index contributed by atoms with van der Waals surface area (Å²) in [6.45, 7) is 0.383. The number of anilines is 1. The van der Waals surface area contributed by atoms with Crippen molar-refractivity contribution in [2.24, 2.45) is 5.10 Å². The minimum Gasteiger partial charge on any atom is -0.252 e. The second-order valence-corrected chi connectivity index (χ2v) is 7.11. The van der Waals surface area contributed by atoms with E-state index in [1.165, 1.54) is 29.8 Å². The highest BCUT2D eigenvalue weighted by Gasteiger charge is 2.08. The second-order valence-electron chi connectivity index (χ2n) is 5.82. The Kier molecular flexibility index (Phi) is 5.41. The summed E-state index contributed by atoms with van der Waals surface area (Å²) in [6.07, 6.45) is 3.05. The van der Waals surface area contributed by atoms with Crippen LogP contribution in [0.2, 0.25) is 5.02 Å². The SMILES string of the molecule is Fc1ccc(/C(Cn2cncn2)=N\Nc2nc(-c3ccc(Cl)cc3)cs2)cc1. The lowest BCUT2D eigenvalue weighted by molar-refractivity contribution is 0.627. The fraction of sp³-hybridized carbons (Fsp3) is 0.0526. The van der Waals surface area contributed by atoms with Gasteiger partial charge in [-0.1, -0.05) is 35.9 Å². The molecule has 140 valence electrons. The fourth-order valence-corrected chi connectivity index (χ4v) is 3.28. The first kappa shape index (κ1) is 18.3. The van der Waals surface area contributed by atoms with Crippen LogP contribution in [0.25, 0.3) is 11.3 Å². The minimum atomic E-state index is -0.302. The maximum Gasteiger partial charge on any atom is 0.203 e. The van der Waals surface area contributed by atoms with Gasteiger partial charge in [-0.05, 0) is 29.8 Å². The molecule has 9 heteroatoms. The van der Waals surface area contributed by atoms with Crippen molar-refractivity contribution in [1.82, 2.24) is 19.7 Å². The Hall–Kier alpha value is -3.10. The molecule has 0 aliphatic heterocycles. The molecule has 1 N–H and O–H groups in total. The smallest absolute Gasteiger partial charge is 0.203 e. The van der Waals surface area contributed by atoms with Crippen LogP contribution in [0.3, 0.4) is 0 Å². The van der Waals surface area contributed by atoms with Gasteiger partial charge in [0.25, 0.3) is 0 Å². The number of hydrazone groups is 1. The normalized spacial score (nSPS) is 11.6. The van der Waals surface area contributed by atoms with Crippen LogP contribution in [0.4, 0.5) is 9.52 Å². The Labute approximate surface area is 169 Å². The van der Waals surface area contributed by atoms with E-state index in [-0.39, 0.29) is 5.82 Å². The van der Waals surface area contributed by atoms with Gasteiger partial charge in [0, 0.05) is 16.0 Å². The molecule has 0 amide bonds. The summed E-state index contributed by atoms with van der Waals surface area (Å²) in [5, 5.41) is 11.8. The summed E-state index contributed by atoms with van der Waals surface area (Å²) in [6, 6.07) is 13.6. The van der Waals surface area contributed by atoms with E-state index >= 15 is 0 Å². The average Bonchev–Trinajstić information content (AvgIpc) is 3.38. The van der Waals surface area contributed by atoms with Gasteiger partial charge in [-0.2, -0.15) is 10.2 Å². The van der Waals surface area contributed by atoms with Crippen LogP contribution in [-0.4, -0.2) is 25.5 Å². The molecule has 6 nitrogen and oxygen atoms in total. The van der Waals surface area contributed by atoms with Gasteiger partial charge in [-0.25, -0.2) is 19.0 Å². The van der Waals surface area contributed by atoms with Crippen molar-refractivity contribution >= 4 is 33.8 Å². The van der Waals surface area contributed by atoms with Gasteiger partial charge in [0.15, 0.2) is 0 Å². The average molecular weight is 413 g/mol. The largest absolute Gasteiger partial charge is 0.252 e. The summed E-state index contributed by atoms with van der Waals surface area (Å²) in [5.74, 6) is -0.302. The Bertz CT molecular complexity index is 1070. The van der Waals surface area contributed by atoms with Gasteiger partial charge >= 0.3 is 0 Å². The maximum atomic E-state index is 13.3. The van der Waals surface area contributed by atoms with Crippen molar-refractivity contribution in [3.8, 4) is 11.3 Å². The van der Waals surface area contributed by atoms with Crippen LogP contribution in [0.5, 0.6) is 0 Å². The molecule has 4 aromatic rings. The topological polar surface area (TPSA) is 68.0 Å². The summed E-state index contributed by atoms with van der Waals surface area (Å²) < 4.78 is 14.9. The van der Waals surface area contributed by atoms with E-state index in [2.05, 4.69) is 25.6 Å². The third-order valence-corrected chi connectivity index (χ3v) is 4.89. The van der Waals surface area contributed by atoms with Gasteiger partial charge in [0.2, 0.25) is 5.13 Å². The molecule has 28 heavy (non-hydrogen) atoms. The van der Waals surface area contributed by atoms with E-state index in [1.54, 1.807) is 23.1 Å². The highest BCUT2D eigenvalue weighted by atomic mass is 35.5. The zero-order valence-electron chi connectivity index (χ0n) is 14.5. The number of nitrogens with one attached hydrogen (secondary N) is 1. The van der Waals surface area contributed by atoms with Gasteiger partial charge in [-0.15, -0.1) is 11.3 Å². The quantitative estimate of drug-likeness (QED) is 0.368. The summed E-state index contributed by atoms with van der Waals surface area (Å²) in [4.78, 5) is 8.49. The molecule has 0 bridgehead atoms. The summed E-state index contributed by atoms with van der Waals surface area (Å²) >= 11 is 7.37. The standard InChI is InChI=1S/C19H14ClFN6S/c20-15-5-1-14(2-6-15)18-10-28-19(24-18)26-25-17(9-27-12-22-11-23-27)13-3-7-16(21)8-4-13/h1-8,10-12H,9H2,(H,24,26)/b25-17-. The van der Waals surface area contributed by atoms with Crippen LogP contribution in [0.1, 0.15) is 5.56 Å². The van der Waals surface area contributed by atoms with E-state index in [4.69, 9.17) is 11.6 Å². The molecule has 4 rings (SSSR count). The number of hydrogen-bond donors (Lipinski definition) is 1. The van der Waals surface area contributed by atoms with E-state index in [9.17, 15) is 4.39 Å². The molecule has 2 heterocycles. The Balaban J connectivity index is 1.56. The number of benzene rings is 2. The number of hydrogen-bond acceptors (Lipinski definition) is 6. The predicted molar refractivity (Wildman–Crippen MR) is 109 cm³/mol. The zero-order valence-corrected chi connectivity index (χ0v) is 16.0. The highest BCUT2D eigenvalue weighted by Crippen LogP contribution is 2.26. The molecule has 0 unspecified atom stereocenters. The summed E-state index contributed by atoms with van der Waals surface area (Å²) in [7, 11) is 0. The fourth-order valence-electron chi connectivity index (χ4n) is 2.49. The lowest BCUT2D eigenvalue weighted by Crippen LogP contribution is -2.14. The monoisotopic (exact) mass is 412 g/mol. The van der Waals surface area contributed by atoms with E-state index < -0.39 is 0 Å². The Morgan fingerprint density at radius 2 is 1.93 bits per heavy atom. The number of aromatic nitrogens is 4. The first-order valence-electron chi connectivity index (χ1n) is 8.30. The van der Waals surface area contributed by atoms with Crippen molar-refractivity contribution < 1.29 is 4.39 Å². The molecular weight excluding hydrogens is 399 g/mol. The van der Waals surface area contributed by atoms with Gasteiger partial charge in [-0.3, -0.25) is 5.43 Å². The first-order chi connectivity index (χ1) is 13.7. The molecule has 2 aromatic carbocycles. The maximum absolute atomic E-state index is 13.3. The highest BCUT2D eigenvalue weighted by molar-refractivity contribution is 7.14. The predicted octanol–water partition coefficient (Wildman–Crippen LogP) is 4.71. The van der Waals surface area contributed by atoms with Crippen molar-refractivity contribution in [1.29, 1.82) is 0 Å². The third-order valence-electron chi connectivity index (χ3n) is 3.89. The van der Waals surface area contributed by atoms with Crippen molar-refractivity contribution in [2.75, 3.05) is 5.43 Å².